The van der Waals surface area contributed by atoms with Gasteiger partial charge in [0, 0.05) is 24.0 Å². The van der Waals surface area contributed by atoms with E-state index >= 15 is 0 Å². The highest BCUT2D eigenvalue weighted by molar-refractivity contribution is 6.31. The van der Waals surface area contributed by atoms with Gasteiger partial charge < -0.3 is 19.3 Å². The number of aliphatic hydroxyl groups is 1. The average Bonchev–Trinajstić information content (AvgIpc) is 2.86. The van der Waals surface area contributed by atoms with Gasteiger partial charge in [-0.2, -0.15) is 0 Å². The summed E-state index contributed by atoms with van der Waals surface area (Å²) < 4.78 is 29.5. The monoisotopic (exact) mass is 487 g/mol. The molecule has 34 heavy (non-hydrogen) atoms. The van der Waals surface area contributed by atoms with Crippen LogP contribution >= 0.6 is 11.6 Å². The molecule has 9 heteroatoms. The van der Waals surface area contributed by atoms with E-state index in [-0.39, 0.29) is 48.3 Å². The normalized spacial score (nSPS) is 10.6. The summed E-state index contributed by atoms with van der Waals surface area (Å²) in [4.78, 5) is 29.8. The molecule has 0 bridgehead atoms. The molecule has 1 N–H and O–H groups in total. The molecule has 1 heterocycles. The summed E-state index contributed by atoms with van der Waals surface area (Å²) in [6.45, 7) is -0.0552. The minimum absolute atomic E-state index is 0.0375. The average molecular weight is 488 g/mol. The van der Waals surface area contributed by atoms with E-state index in [0.717, 1.165) is 0 Å². The maximum Gasteiger partial charge on any atom is 0.181 e. The Kier molecular flexibility index (Phi) is 8.56. The van der Waals surface area contributed by atoms with Crippen LogP contribution in [0.3, 0.4) is 0 Å². The highest BCUT2D eigenvalue weighted by Crippen LogP contribution is 2.32. The third-order valence-electron chi connectivity index (χ3n) is 4.97. The fraction of sp³-hybridized carbons (Fsp3) is 0.240. The Morgan fingerprint density at radius 3 is 2.32 bits per heavy atom. The van der Waals surface area contributed by atoms with Crippen molar-refractivity contribution >= 4 is 23.2 Å². The van der Waals surface area contributed by atoms with Crippen LogP contribution < -0.4 is 14.2 Å². The Morgan fingerprint density at radius 1 is 0.941 bits per heavy atom. The Hall–Kier alpha value is -3.49. The van der Waals surface area contributed by atoms with Crippen molar-refractivity contribution in [1.82, 2.24) is 4.98 Å². The SMILES string of the molecule is COc1cc(C(=O)CCC(=O)c2ccc(OC)c(-c3ccc(F)c(Cl)c3)n2)ccc1OCCO. The second-order valence-electron chi connectivity index (χ2n) is 7.16. The van der Waals surface area contributed by atoms with Gasteiger partial charge in [0.05, 0.1) is 25.8 Å². The van der Waals surface area contributed by atoms with E-state index in [4.69, 9.17) is 30.9 Å². The van der Waals surface area contributed by atoms with Gasteiger partial charge in [-0.05, 0) is 48.5 Å². The zero-order chi connectivity index (χ0) is 24.7. The van der Waals surface area contributed by atoms with Crippen LogP contribution in [-0.2, 0) is 0 Å². The number of hydrogen-bond donors (Lipinski definition) is 1. The summed E-state index contributed by atoms with van der Waals surface area (Å²) in [6.07, 6.45) is -0.100. The number of ether oxygens (including phenoxy) is 3. The van der Waals surface area contributed by atoms with Gasteiger partial charge in [-0.3, -0.25) is 9.59 Å². The van der Waals surface area contributed by atoms with Gasteiger partial charge >= 0.3 is 0 Å². The number of Topliss-reactive ketones (excluding diaryl/α,β-unsaturated/α-hetero) is 2. The molecular weight excluding hydrogens is 465 g/mol. The third kappa shape index (κ3) is 5.89. The predicted octanol–water partition coefficient (Wildman–Crippen LogP) is 4.78. The number of aromatic nitrogens is 1. The lowest BCUT2D eigenvalue weighted by molar-refractivity contribution is 0.0914. The van der Waals surface area contributed by atoms with Crippen molar-refractivity contribution in [2.24, 2.45) is 0 Å². The largest absolute Gasteiger partial charge is 0.494 e. The van der Waals surface area contributed by atoms with E-state index in [0.29, 0.717) is 34.1 Å². The first-order chi connectivity index (χ1) is 16.4. The fourth-order valence-electron chi connectivity index (χ4n) is 3.23. The fourth-order valence-corrected chi connectivity index (χ4v) is 3.41. The Morgan fingerprint density at radius 2 is 1.65 bits per heavy atom. The number of ketones is 2. The molecule has 1 aromatic heterocycles. The lowest BCUT2D eigenvalue weighted by Gasteiger charge is -2.11. The van der Waals surface area contributed by atoms with Gasteiger partial charge in [-0.15, -0.1) is 0 Å². The van der Waals surface area contributed by atoms with Crippen molar-refractivity contribution in [3.05, 3.63) is 70.6 Å². The van der Waals surface area contributed by atoms with Crippen molar-refractivity contribution in [3.8, 4) is 28.5 Å². The molecule has 0 amide bonds. The molecule has 178 valence electrons. The zero-order valence-corrected chi connectivity index (χ0v) is 19.4. The standard InChI is InChI=1S/C25H23ClFNO6/c1-32-23-10-6-19(28-25(23)16-3-5-18(27)17(26)13-16)21(31)8-7-20(30)15-4-9-22(34-12-11-29)24(14-15)33-2/h3-6,9-10,13-14,29H,7-8,11-12H2,1-2H3. The first-order valence-corrected chi connectivity index (χ1v) is 10.7. The number of nitrogens with zero attached hydrogens (tertiary/aromatic N) is 1. The number of aliphatic hydroxyl groups excluding tert-OH is 1. The summed E-state index contributed by atoms with van der Waals surface area (Å²) in [5, 5.41) is 8.82. The smallest absolute Gasteiger partial charge is 0.181 e. The van der Waals surface area contributed by atoms with Gasteiger partial charge in [-0.1, -0.05) is 11.6 Å². The molecule has 0 atom stereocenters. The molecule has 0 radical (unpaired) electrons. The molecule has 0 unspecified atom stereocenters. The second kappa shape index (κ2) is 11.6. The van der Waals surface area contributed by atoms with Crippen LogP contribution in [0.4, 0.5) is 4.39 Å². The van der Waals surface area contributed by atoms with Crippen LogP contribution in [0.15, 0.2) is 48.5 Å². The maximum absolute atomic E-state index is 13.6. The molecule has 3 rings (SSSR count). The maximum atomic E-state index is 13.6. The third-order valence-corrected chi connectivity index (χ3v) is 5.26. The zero-order valence-electron chi connectivity index (χ0n) is 18.6. The highest BCUT2D eigenvalue weighted by Gasteiger charge is 2.17. The minimum atomic E-state index is -0.570. The number of halogens is 2. The van der Waals surface area contributed by atoms with Gasteiger partial charge in [0.25, 0.3) is 0 Å². The molecule has 7 nitrogen and oxygen atoms in total. The van der Waals surface area contributed by atoms with Crippen LogP contribution in [0.2, 0.25) is 5.02 Å². The molecule has 3 aromatic rings. The molecule has 0 aliphatic rings. The number of carbonyl (C=O) groups is 2. The number of rotatable bonds is 11. The summed E-state index contributed by atoms with van der Waals surface area (Å²) in [7, 11) is 2.90. The molecule has 0 spiro atoms. The summed E-state index contributed by atoms with van der Waals surface area (Å²) in [6, 6.07) is 11.9. The van der Waals surface area contributed by atoms with Crippen LogP contribution in [-0.4, -0.2) is 49.1 Å². The summed E-state index contributed by atoms with van der Waals surface area (Å²) >= 11 is 5.88. The van der Waals surface area contributed by atoms with Crippen molar-refractivity contribution in [2.75, 3.05) is 27.4 Å². The molecule has 0 saturated carbocycles. The van der Waals surface area contributed by atoms with E-state index in [1.54, 1.807) is 18.2 Å². The van der Waals surface area contributed by atoms with Gasteiger partial charge in [0.15, 0.2) is 23.1 Å². The first-order valence-electron chi connectivity index (χ1n) is 10.4. The van der Waals surface area contributed by atoms with Gasteiger partial charge in [-0.25, -0.2) is 9.37 Å². The van der Waals surface area contributed by atoms with E-state index in [2.05, 4.69) is 4.98 Å². The molecule has 0 aliphatic heterocycles. The van der Waals surface area contributed by atoms with Crippen molar-refractivity contribution in [3.63, 3.8) is 0 Å². The summed E-state index contributed by atoms with van der Waals surface area (Å²) in [5.41, 5.74) is 1.34. The molecule has 2 aromatic carbocycles. The molecule has 0 fully saturated rings. The topological polar surface area (TPSA) is 95.0 Å². The highest BCUT2D eigenvalue weighted by atomic mass is 35.5. The van der Waals surface area contributed by atoms with Gasteiger partial charge in [0.1, 0.15) is 29.6 Å². The quantitative estimate of drug-likeness (QED) is 0.389. The molecule has 0 aliphatic carbocycles. The van der Waals surface area contributed by atoms with E-state index in [1.807, 2.05) is 0 Å². The number of carbonyl (C=O) groups excluding carboxylic acids is 2. The second-order valence-corrected chi connectivity index (χ2v) is 7.57. The van der Waals surface area contributed by atoms with Crippen LogP contribution in [0.1, 0.15) is 33.7 Å². The first kappa shape index (κ1) is 25.1. The Bertz CT molecular complexity index is 1200. The van der Waals surface area contributed by atoms with Crippen molar-refractivity contribution < 1.29 is 33.3 Å². The van der Waals surface area contributed by atoms with E-state index < -0.39 is 5.82 Å². The lowest BCUT2D eigenvalue weighted by Crippen LogP contribution is -2.08. The Labute approximate surface area is 201 Å². The minimum Gasteiger partial charge on any atom is -0.494 e. The van der Waals surface area contributed by atoms with Crippen LogP contribution in [0.25, 0.3) is 11.3 Å². The van der Waals surface area contributed by atoms with Crippen molar-refractivity contribution in [1.29, 1.82) is 0 Å². The predicted molar refractivity (Wildman–Crippen MR) is 125 cm³/mol. The lowest BCUT2D eigenvalue weighted by atomic mass is 10.0. The van der Waals surface area contributed by atoms with E-state index in [9.17, 15) is 14.0 Å². The Balaban J connectivity index is 1.74. The molecular formula is C25H23ClFNO6. The number of methoxy groups -OCH3 is 2. The van der Waals surface area contributed by atoms with Gasteiger partial charge in [0.2, 0.25) is 0 Å². The number of benzene rings is 2. The van der Waals surface area contributed by atoms with E-state index in [1.165, 1.54) is 44.6 Å². The number of pyridine rings is 1. The van der Waals surface area contributed by atoms with Crippen LogP contribution in [0.5, 0.6) is 17.2 Å². The van der Waals surface area contributed by atoms with Crippen LogP contribution in [0, 0.1) is 5.82 Å². The number of hydrogen-bond acceptors (Lipinski definition) is 7. The summed E-state index contributed by atoms with van der Waals surface area (Å²) in [5.74, 6) is -0.00419. The van der Waals surface area contributed by atoms with Crippen molar-refractivity contribution in [2.45, 2.75) is 12.8 Å². The molecule has 0 saturated heterocycles.